The minimum Gasteiger partial charge on any atom is -0.497 e. The molecule has 1 fully saturated rings. The number of carbonyl (C=O) groups excluding carboxylic acids is 1. The number of hydrogen-bond donors (Lipinski definition) is 1. The van der Waals surface area contributed by atoms with Crippen molar-refractivity contribution in [3.05, 3.63) is 66.5 Å². The Kier molecular flexibility index (Phi) is 6.66. The van der Waals surface area contributed by atoms with E-state index in [-0.39, 0.29) is 5.91 Å². The minimum absolute atomic E-state index is 0.152. The molecule has 1 aliphatic rings. The molecule has 1 aliphatic heterocycles. The summed E-state index contributed by atoms with van der Waals surface area (Å²) < 4.78 is 7.17. The first-order valence-corrected chi connectivity index (χ1v) is 11.0. The highest BCUT2D eigenvalue weighted by Crippen LogP contribution is 2.22. The number of methoxy groups -OCH3 is 1. The molecule has 8 heteroatoms. The molecule has 1 saturated heterocycles. The quantitative estimate of drug-likeness (QED) is 0.579. The van der Waals surface area contributed by atoms with Gasteiger partial charge in [-0.1, -0.05) is 48.2 Å². The first-order chi connectivity index (χ1) is 14.7. The molecule has 2 aromatic carbocycles. The molecule has 1 aromatic heterocycles. The summed E-state index contributed by atoms with van der Waals surface area (Å²) in [6.45, 7) is 4.56. The van der Waals surface area contributed by atoms with Crippen molar-refractivity contribution in [1.29, 1.82) is 0 Å². The monoisotopic (exact) mass is 424 g/mol. The van der Waals surface area contributed by atoms with E-state index in [1.165, 1.54) is 22.2 Å². The molecular weight excluding hydrogens is 398 g/mol. The minimum atomic E-state index is 0.152. The number of piperazine rings is 1. The van der Waals surface area contributed by atoms with Crippen LogP contribution < -0.4 is 9.64 Å². The lowest BCUT2D eigenvalue weighted by atomic mass is 10.2. The van der Waals surface area contributed by atoms with Crippen LogP contribution in [0.2, 0.25) is 0 Å². The first kappa shape index (κ1) is 20.4. The molecule has 4 rings (SSSR count). The molecule has 30 heavy (non-hydrogen) atoms. The van der Waals surface area contributed by atoms with Crippen LogP contribution in [-0.2, 0) is 11.3 Å². The Balaban J connectivity index is 1.29. The number of thioether (sulfide) groups is 1. The van der Waals surface area contributed by atoms with Gasteiger partial charge in [-0.3, -0.25) is 9.36 Å². The van der Waals surface area contributed by atoms with E-state index in [9.17, 15) is 4.79 Å². The lowest BCUT2D eigenvalue weighted by Crippen LogP contribution is -3.13. The number of carbonyl (C=O) groups is 1. The fourth-order valence-corrected chi connectivity index (χ4v) is 4.44. The topological polar surface area (TPSA) is 64.7 Å². The van der Waals surface area contributed by atoms with E-state index >= 15 is 0 Å². The van der Waals surface area contributed by atoms with Crippen molar-refractivity contribution in [2.45, 2.75) is 11.7 Å². The van der Waals surface area contributed by atoms with E-state index in [2.05, 4.69) is 34.5 Å². The Morgan fingerprint density at radius 3 is 2.70 bits per heavy atom. The third kappa shape index (κ3) is 5.01. The van der Waals surface area contributed by atoms with Crippen LogP contribution in [0.3, 0.4) is 0 Å². The molecule has 0 radical (unpaired) electrons. The Morgan fingerprint density at radius 2 is 1.93 bits per heavy atom. The second-order valence-electron chi connectivity index (χ2n) is 7.27. The van der Waals surface area contributed by atoms with Gasteiger partial charge in [-0.05, 0) is 12.1 Å². The molecule has 1 N–H and O–H groups in total. The van der Waals surface area contributed by atoms with Gasteiger partial charge in [-0.15, -0.1) is 10.2 Å². The molecule has 3 aromatic rings. The third-order valence-corrected chi connectivity index (χ3v) is 6.22. The lowest BCUT2D eigenvalue weighted by Gasteiger charge is -2.32. The highest BCUT2D eigenvalue weighted by molar-refractivity contribution is 7.99. The number of nitrogens with one attached hydrogen (secondary N) is 1. The predicted molar refractivity (Wildman–Crippen MR) is 116 cm³/mol. The van der Waals surface area contributed by atoms with Crippen molar-refractivity contribution in [2.75, 3.05) is 39.0 Å². The number of nitrogens with zero attached hydrogens (tertiary/aromatic N) is 4. The largest absolute Gasteiger partial charge is 0.497 e. The first-order valence-electron chi connectivity index (χ1n) is 10.1. The summed E-state index contributed by atoms with van der Waals surface area (Å²) in [6, 6.07) is 18.2. The number of quaternary nitrogens is 1. The van der Waals surface area contributed by atoms with Gasteiger partial charge in [-0.25, -0.2) is 0 Å². The summed E-state index contributed by atoms with van der Waals surface area (Å²) in [6.07, 6.45) is 1.66. The molecule has 0 aliphatic carbocycles. The molecule has 0 atom stereocenters. The van der Waals surface area contributed by atoms with Crippen molar-refractivity contribution < 1.29 is 14.4 Å². The number of aromatic nitrogens is 3. The number of benzene rings is 2. The van der Waals surface area contributed by atoms with Gasteiger partial charge in [0.05, 0.1) is 44.7 Å². The van der Waals surface area contributed by atoms with Gasteiger partial charge in [0, 0.05) is 11.6 Å². The predicted octanol–water partition coefficient (Wildman–Crippen LogP) is 1.30. The van der Waals surface area contributed by atoms with Crippen molar-refractivity contribution in [1.82, 2.24) is 19.7 Å². The second-order valence-corrected chi connectivity index (χ2v) is 8.21. The van der Waals surface area contributed by atoms with Gasteiger partial charge < -0.3 is 14.5 Å². The smallest absolute Gasteiger partial charge is 0.233 e. The lowest BCUT2D eigenvalue weighted by molar-refractivity contribution is -0.917. The van der Waals surface area contributed by atoms with Gasteiger partial charge in [0.15, 0.2) is 5.16 Å². The fraction of sp³-hybridized carbons (Fsp3) is 0.318. The number of rotatable bonds is 7. The third-order valence-electron chi connectivity index (χ3n) is 5.29. The normalized spacial score (nSPS) is 14.6. The van der Waals surface area contributed by atoms with E-state index in [1.54, 1.807) is 13.4 Å². The van der Waals surface area contributed by atoms with E-state index in [1.807, 2.05) is 39.8 Å². The Bertz CT molecular complexity index is 970. The van der Waals surface area contributed by atoms with Gasteiger partial charge in [0.25, 0.3) is 0 Å². The molecule has 2 heterocycles. The second kappa shape index (κ2) is 9.77. The number of ether oxygens (including phenoxy) is 1. The standard InChI is InChI=1S/C22H25N5O2S/c1-29-20-9-5-8-19(14-20)27-17-23-24-22(27)30-16-21(28)26-12-10-25(11-13-26)15-18-6-3-2-4-7-18/h2-9,14,17H,10-13,15-16H2,1H3/p+1. The maximum Gasteiger partial charge on any atom is 0.233 e. The zero-order chi connectivity index (χ0) is 20.8. The maximum atomic E-state index is 12.7. The van der Waals surface area contributed by atoms with E-state index in [0.717, 1.165) is 44.2 Å². The summed E-state index contributed by atoms with van der Waals surface area (Å²) in [5.74, 6) is 1.28. The molecule has 0 saturated carbocycles. The van der Waals surface area contributed by atoms with Gasteiger partial charge in [0.2, 0.25) is 5.91 Å². The summed E-state index contributed by atoms with van der Waals surface area (Å²) in [4.78, 5) is 16.2. The molecular formula is C22H26N5O2S+. The zero-order valence-corrected chi connectivity index (χ0v) is 17.8. The molecule has 7 nitrogen and oxygen atoms in total. The molecule has 1 amide bonds. The van der Waals surface area contributed by atoms with Gasteiger partial charge >= 0.3 is 0 Å². The average Bonchev–Trinajstić information content (AvgIpc) is 3.27. The Labute approximate surface area is 180 Å². The SMILES string of the molecule is COc1cccc(-n2cnnc2SCC(=O)N2CC[NH+](Cc3ccccc3)CC2)c1. The van der Waals surface area contributed by atoms with Gasteiger partial charge in [0.1, 0.15) is 18.6 Å². The number of amides is 1. The Hall–Kier alpha value is -2.84. The van der Waals surface area contributed by atoms with E-state index < -0.39 is 0 Å². The molecule has 0 spiro atoms. The zero-order valence-electron chi connectivity index (χ0n) is 17.0. The van der Waals surface area contributed by atoms with Crippen LogP contribution in [0.15, 0.2) is 66.1 Å². The van der Waals surface area contributed by atoms with Crippen LogP contribution in [0.4, 0.5) is 0 Å². The van der Waals surface area contributed by atoms with E-state index in [0.29, 0.717) is 10.9 Å². The summed E-state index contributed by atoms with van der Waals surface area (Å²) in [7, 11) is 1.64. The fourth-order valence-electron chi connectivity index (χ4n) is 3.61. The van der Waals surface area contributed by atoms with Crippen LogP contribution in [0, 0.1) is 0 Å². The molecule has 0 bridgehead atoms. The Morgan fingerprint density at radius 1 is 1.13 bits per heavy atom. The number of hydrogen-bond acceptors (Lipinski definition) is 5. The van der Waals surface area contributed by atoms with Crippen molar-refractivity contribution in [3.8, 4) is 11.4 Å². The van der Waals surface area contributed by atoms with Crippen molar-refractivity contribution >= 4 is 17.7 Å². The van der Waals surface area contributed by atoms with Crippen LogP contribution in [0.5, 0.6) is 5.75 Å². The highest BCUT2D eigenvalue weighted by Gasteiger charge is 2.24. The molecule has 0 unspecified atom stereocenters. The maximum absolute atomic E-state index is 12.7. The average molecular weight is 425 g/mol. The van der Waals surface area contributed by atoms with Crippen LogP contribution >= 0.6 is 11.8 Å². The van der Waals surface area contributed by atoms with Crippen LogP contribution in [0.25, 0.3) is 5.69 Å². The summed E-state index contributed by atoms with van der Waals surface area (Å²) in [5, 5.41) is 8.90. The summed E-state index contributed by atoms with van der Waals surface area (Å²) in [5.41, 5.74) is 2.26. The van der Waals surface area contributed by atoms with Crippen LogP contribution in [0.1, 0.15) is 5.56 Å². The highest BCUT2D eigenvalue weighted by atomic mass is 32.2. The van der Waals surface area contributed by atoms with E-state index in [4.69, 9.17) is 4.74 Å². The van der Waals surface area contributed by atoms with Crippen LogP contribution in [-0.4, -0.2) is 64.6 Å². The van der Waals surface area contributed by atoms with Crippen molar-refractivity contribution in [2.24, 2.45) is 0 Å². The summed E-state index contributed by atoms with van der Waals surface area (Å²) >= 11 is 1.42. The molecule has 156 valence electrons. The van der Waals surface area contributed by atoms with Crippen molar-refractivity contribution in [3.63, 3.8) is 0 Å². The van der Waals surface area contributed by atoms with Gasteiger partial charge in [-0.2, -0.15) is 0 Å².